The maximum absolute atomic E-state index is 4.71. The lowest BCUT2D eigenvalue weighted by atomic mass is 10.1. The molecule has 0 aliphatic carbocycles. The molecule has 0 saturated carbocycles. The summed E-state index contributed by atoms with van der Waals surface area (Å²) in [6.45, 7) is 6.42. The van der Waals surface area contributed by atoms with E-state index >= 15 is 0 Å². The maximum atomic E-state index is 4.71. The molecule has 0 amide bonds. The molecule has 0 unspecified atom stereocenters. The Morgan fingerprint density at radius 1 is 1.15 bits per heavy atom. The second kappa shape index (κ2) is 5.29. The quantitative estimate of drug-likeness (QED) is 0.907. The molecule has 2 aromatic rings. The molecule has 1 aliphatic heterocycles. The molecule has 0 radical (unpaired) electrons. The van der Waals surface area contributed by atoms with Crippen molar-refractivity contribution in [3.8, 4) is 0 Å². The molecule has 2 heterocycles. The molecule has 20 heavy (non-hydrogen) atoms. The minimum atomic E-state index is 1.05. The molecule has 4 heteroatoms. The standard InChI is InChI=1S/C16H22N4/c1-12-11-18-16(20-9-7-19(3)8-10-20)13-5-4-6-14(17-2)15(12)13/h4-6,11,17H,7-10H2,1-3H3. The minimum absolute atomic E-state index is 1.05. The van der Waals surface area contributed by atoms with Crippen molar-refractivity contribution in [1.82, 2.24) is 9.88 Å². The highest BCUT2D eigenvalue weighted by Crippen LogP contribution is 2.32. The van der Waals surface area contributed by atoms with Gasteiger partial charge in [0, 0.05) is 55.9 Å². The number of likely N-dealkylation sites (N-methyl/N-ethyl adjacent to an activating group) is 1. The van der Waals surface area contributed by atoms with Crippen LogP contribution in [-0.4, -0.2) is 50.2 Å². The first-order valence-corrected chi connectivity index (χ1v) is 7.20. The molecule has 1 aliphatic rings. The Morgan fingerprint density at radius 3 is 2.60 bits per heavy atom. The van der Waals surface area contributed by atoms with Crippen LogP contribution in [0.3, 0.4) is 0 Å². The Hall–Kier alpha value is -1.81. The minimum Gasteiger partial charge on any atom is -0.388 e. The van der Waals surface area contributed by atoms with Gasteiger partial charge in [-0.2, -0.15) is 0 Å². The summed E-state index contributed by atoms with van der Waals surface area (Å²) in [6.07, 6.45) is 2.00. The fourth-order valence-electron chi connectivity index (χ4n) is 2.93. The molecule has 3 rings (SSSR count). The van der Waals surface area contributed by atoms with Crippen molar-refractivity contribution >= 4 is 22.3 Å². The normalized spacial score (nSPS) is 16.6. The first kappa shape index (κ1) is 13.2. The van der Waals surface area contributed by atoms with Crippen LogP contribution >= 0.6 is 0 Å². The summed E-state index contributed by atoms with van der Waals surface area (Å²) in [6, 6.07) is 6.42. The molecule has 4 nitrogen and oxygen atoms in total. The molecular weight excluding hydrogens is 248 g/mol. The fraction of sp³-hybridized carbons (Fsp3) is 0.438. The number of nitrogens with zero attached hydrogens (tertiary/aromatic N) is 3. The van der Waals surface area contributed by atoms with Crippen LogP contribution in [-0.2, 0) is 0 Å². The summed E-state index contributed by atoms with van der Waals surface area (Å²) < 4.78 is 0. The molecule has 1 aromatic heterocycles. The van der Waals surface area contributed by atoms with E-state index in [0.29, 0.717) is 0 Å². The van der Waals surface area contributed by atoms with Gasteiger partial charge in [0.25, 0.3) is 0 Å². The largest absolute Gasteiger partial charge is 0.388 e. The van der Waals surface area contributed by atoms with Gasteiger partial charge in [-0.05, 0) is 25.6 Å². The number of hydrogen-bond acceptors (Lipinski definition) is 4. The molecule has 1 N–H and O–H groups in total. The third-order valence-electron chi connectivity index (χ3n) is 4.15. The Labute approximate surface area is 120 Å². The Morgan fingerprint density at radius 2 is 1.90 bits per heavy atom. The van der Waals surface area contributed by atoms with Crippen molar-refractivity contribution in [3.05, 3.63) is 30.0 Å². The fourth-order valence-corrected chi connectivity index (χ4v) is 2.93. The predicted octanol–water partition coefficient (Wildman–Crippen LogP) is 2.34. The van der Waals surface area contributed by atoms with Gasteiger partial charge in [0.05, 0.1) is 0 Å². The molecule has 106 valence electrons. The number of benzene rings is 1. The average Bonchev–Trinajstić information content (AvgIpc) is 2.48. The number of pyridine rings is 1. The SMILES string of the molecule is CNc1cccc2c(N3CCN(C)CC3)ncc(C)c12. The van der Waals surface area contributed by atoms with Crippen LogP contribution in [0, 0.1) is 6.92 Å². The van der Waals surface area contributed by atoms with Crippen molar-refractivity contribution < 1.29 is 0 Å². The third-order valence-corrected chi connectivity index (χ3v) is 4.15. The lowest BCUT2D eigenvalue weighted by molar-refractivity contribution is 0.312. The number of piperazine rings is 1. The van der Waals surface area contributed by atoms with Gasteiger partial charge in [-0.3, -0.25) is 0 Å². The van der Waals surface area contributed by atoms with E-state index in [1.165, 1.54) is 22.0 Å². The van der Waals surface area contributed by atoms with Gasteiger partial charge in [0.2, 0.25) is 0 Å². The highest BCUT2D eigenvalue weighted by Gasteiger charge is 2.18. The van der Waals surface area contributed by atoms with E-state index in [1.54, 1.807) is 0 Å². The van der Waals surface area contributed by atoms with E-state index in [-0.39, 0.29) is 0 Å². The second-order valence-electron chi connectivity index (χ2n) is 5.53. The summed E-state index contributed by atoms with van der Waals surface area (Å²) in [5.41, 5.74) is 2.40. The topological polar surface area (TPSA) is 31.4 Å². The first-order valence-electron chi connectivity index (χ1n) is 7.20. The first-order chi connectivity index (χ1) is 9.70. The Kier molecular flexibility index (Phi) is 3.49. The maximum Gasteiger partial charge on any atom is 0.136 e. The highest BCUT2D eigenvalue weighted by molar-refractivity contribution is 6.02. The summed E-state index contributed by atoms with van der Waals surface area (Å²) in [5, 5.41) is 5.84. The Bertz CT molecular complexity index is 615. The van der Waals surface area contributed by atoms with Gasteiger partial charge in [0.15, 0.2) is 0 Å². The van der Waals surface area contributed by atoms with E-state index < -0.39 is 0 Å². The number of fused-ring (bicyclic) bond motifs is 1. The van der Waals surface area contributed by atoms with Gasteiger partial charge >= 0.3 is 0 Å². The number of anilines is 2. The van der Waals surface area contributed by atoms with Crippen LogP contribution in [0.15, 0.2) is 24.4 Å². The lowest BCUT2D eigenvalue weighted by Crippen LogP contribution is -2.44. The summed E-state index contributed by atoms with van der Waals surface area (Å²) in [5.74, 6) is 1.12. The molecule has 0 spiro atoms. The molecule has 0 atom stereocenters. The zero-order valence-corrected chi connectivity index (χ0v) is 12.5. The monoisotopic (exact) mass is 270 g/mol. The Balaban J connectivity index is 2.10. The molecule has 0 bridgehead atoms. The van der Waals surface area contributed by atoms with E-state index in [0.717, 1.165) is 32.0 Å². The van der Waals surface area contributed by atoms with Crippen LogP contribution in [0.2, 0.25) is 0 Å². The summed E-state index contributed by atoms with van der Waals surface area (Å²) in [4.78, 5) is 9.48. The molecule has 1 aromatic carbocycles. The highest BCUT2D eigenvalue weighted by atomic mass is 15.3. The van der Waals surface area contributed by atoms with E-state index in [4.69, 9.17) is 4.98 Å². The van der Waals surface area contributed by atoms with Crippen molar-refractivity contribution in [2.45, 2.75) is 6.92 Å². The van der Waals surface area contributed by atoms with Crippen LogP contribution in [0.25, 0.3) is 10.8 Å². The third kappa shape index (κ3) is 2.20. The number of aryl methyl sites for hydroxylation is 1. The van der Waals surface area contributed by atoms with Gasteiger partial charge in [-0.15, -0.1) is 0 Å². The summed E-state index contributed by atoms with van der Waals surface area (Å²) in [7, 11) is 4.15. The lowest BCUT2D eigenvalue weighted by Gasteiger charge is -2.34. The second-order valence-corrected chi connectivity index (χ2v) is 5.53. The van der Waals surface area contributed by atoms with Crippen molar-refractivity contribution in [3.63, 3.8) is 0 Å². The number of nitrogens with one attached hydrogen (secondary N) is 1. The van der Waals surface area contributed by atoms with Gasteiger partial charge in [-0.1, -0.05) is 12.1 Å². The zero-order chi connectivity index (χ0) is 14.1. The van der Waals surface area contributed by atoms with Crippen LogP contribution < -0.4 is 10.2 Å². The van der Waals surface area contributed by atoms with Crippen LogP contribution in [0.4, 0.5) is 11.5 Å². The number of rotatable bonds is 2. The molecule has 1 saturated heterocycles. The zero-order valence-electron chi connectivity index (χ0n) is 12.5. The average molecular weight is 270 g/mol. The van der Waals surface area contributed by atoms with Crippen molar-refractivity contribution in [2.75, 3.05) is 50.5 Å². The number of hydrogen-bond donors (Lipinski definition) is 1. The van der Waals surface area contributed by atoms with Gasteiger partial charge in [-0.25, -0.2) is 4.98 Å². The van der Waals surface area contributed by atoms with Crippen LogP contribution in [0.5, 0.6) is 0 Å². The summed E-state index contributed by atoms with van der Waals surface area (Å²) >= 11 is 0. The van der Waals surface area contributed by atoms with E-state index in [9.17, 15) is 0 Å². The molecular formula is C16H22N4. The molecule has 1 fully saturated rings. The van der Waals surface area contributed by atoms with Gasteiger partial charge in [0.1, 0.15) is 5.82 Å². The van der Waals surface area contributed by atoms with Gasteiger partial charge < -0.3 is 15.1 Å². The van der Waals surface area contributed by atoms with E-state index in [1.807, 2.05) is 13.2 Å². The predicted molar refractivity (Wildman–Crippen MR) is 85.7 cm³/mol. The van der Waals surface area contributed by atoms with Crippen LogP contribution in [0.1, 0.15) is 5.56 Å². The van der Waals surface area contributed by atoms with Crippen molar-refractivity contribution in [2.24, 2.45) is 0 Å². The van der Waals surface area contributed by atoms with Crippen molar-refractivity contribution in [1.29, 1.82) is 0 Å². The smallest absolute Gasteiger partial charge is 0.136 e. The number of aromatic nitrogens is 1. The van der Waals surface area contributed by atoms with E-state index in [2.05, 4.69) is 47.3 Å².